The van der Waals surface area contributed by atoms with Crippen LogP contribution in [-0.2, 0) is 6.61 Å². The molecule has 0 unspecified atom stereocenters. The first kappa shape index (κ1) is 17.8. The van der Waals surface area contributed by atoms with E-state index in [0.717, 1.165) is 22.6 Å². The highest BCUT2D eigenvalue weighted by molar-refractivity contribution is 6.32. The van der Waals surface area contributed by atoms with Crippen LogP contribution in [0.1, 0.15) is 11.1 Å². The van der Waals surface area contributed by atoms with Gasteiger partial charge in [0, 0.05) is 0 Å². The van der Waals surface area contributed by atoms with Crippen LogP contribution in [0.2, 0.25) is 5.02 Å². The average Bonchev–Trinajstić information content (AvgIpc) is 2.69. The maximum atomic E-state index is 6.30. The Bertz CT molecular complexity index is 865. The molecule has 0 fully saturated rings. The van der Waals surface area contributed by atoms with Crippen molar-refractivity contribution in [3.63, 3.8) is 0 Å². The van der Waals surface area contributed by atoms with Gasteiger partial charge in [0.1, 0.15) is 18.1 Å². The molecule has 0 amide bonds. The highest BCUT2D eigenvalue weighted by Crippen LogP contribution is 2.26. The summed E-state index contributed by atoms with van der Waals surface area (Å²) in [6.45, 7) is 0.479. The monoisotopic (exact) mass is 366 g/mol. The molecule has 0 aliphatic carbocycles. The van der Waals surface area contributed by atoms with Gasteiger partial charge < -0.3 is 9.47 Å². The molecular formula is C21H19ClN2O2. The molecule has 3 rings (SSSR count). The number of hydrogen-bond acceptors (Lipinski definition) is 4. The summed E-state index contributed by atoms with van der Waals surface area (Å²) < 4.78 is 10.9. The van der Waals surface area contributed by atoms with Crippen molar-refractivity contribution in [1.82, 2.24) is 0 Å². The van der Waals surface area contributed by atoms with Crippen LogP contribution < -0.4 is 14.9 Å². The van der Waals surface area contributed by atoms with Crippen LogP contribution in [0.5, 0.6) is 11.5 Å². The molecule has 3 aromatic carbocycles. The maximum Gasteiger partial charge on any atom is 0.138 e. The van der Waals surface area contributed by atoms with Crippen LogP contribution in [0.4, 0.5) is 5.69 Å². The van der Waals surface area contributed by atoms with E-state index in [4.69, 9.17) is 21.1 Å². The number of benzene rings is 3. The number of rotatable bonds is 7. The fraction of sp³-hybridized carbons (Fsp3) is 0.0952. The second kappa shape index (κ2) is 8.92. The number of halogens is 1. The molecule has 0 aromatic heterocycles. The minimum Gasteiger partial charge on any atom is -0.497 e. The number of nitrogens with one attached hydrogen (secondary N) is 1. The van der Waals surface area contributed by atoms with E-state index >= 15 is 0 Å². The van der Waals surface area contributed by atoms with Gasteiger partial charge in [0.25, 0.3) is 0 Å². The molecule has 0 aliphatic heterocycles. The number of nitrogens with zero attached hydrogens (tertiary/aromatic N) is 1. The first-order chi connectivity index (χ1) is 12.7. The summed E-state index contributed by atoms with van der Waals surface area (Å²) in [5, 5.41) is 4.77. The normalized spacial score (nSPS) is 10.7. The molecule has 26 heavy (non-hydrogen) atoms. The highest BCUT2D eigenvalue weighted by atomic mass is 35.5. The number of methoxy groups -OCH3 is 1. The van der Waals surface area contributed by atoms with Gasteiger partial charge in [-0.15, -0.1) is 0 Å². The molecule has 132 valence electrons. The topological polar surface area (TPSA) is 42.8 Å². The zero-order valence-corrected chi connectivity index (χ0v) is 15.1. The van der Waals surface area contributed by atoms with Crippen LogP contribution in [-0.4, -0.2) is 13.3 Å². The average molecular weight is 367 g/mol. The fourth-order valence-corrected chi connectivity index (χ4v) is 2.54. The third-order valence-electron chi connectivity index (χ3n) is 3.69. The number of ether oxygens (including phenoxy) is 2. The minimum absolute atomic E-state index is 0.479. The molecule has 0 spiro atoms. The third kappa shape index (κ3) is 5.01. The van der Waals surface area contributed by atoms with Crippen LogP contribution >= 0.6 is 11.6 Å². The quantitative estimate of drug-likeness (QED) is 0.451. The van der Waals surface area contributed by atoms with Crippen LogP contribution in [0.15, 0.2) is 77.9 Å². The predicted octanol–water partition coefficient (Wildman–Crippen LogP) is 5.37. The molecule has 0 atom stereocenters. The first-order valence-electron chi connectivity index (χ1n) is 8.14. The number of hydrogen-bond donors (Lipinski definition) is 1. The van der Waals surface area contributed by atoms with E-state index in [-0.39, 0.29) is 0 Å². The van der Waals surface area contributed by atoms with Crippen molar-refractivity contribution in [3.05, 3.63) is 88.9 Å². The molecule has 4 nitrogen and oxygen atoms in total. The Hall–Kier alpha value is -2.98. The third-order valence-corrected chi connectivity index (χ3v) is 3.99. The summed E-state index contributed by atoms with van der Waals surface area (Å²) in [6, 6.07) is 23.1. The number of hydrazone groups is 1. The molecule has 0 aliphatic rings. The van der Waals surface area contributed by atoms with Gasteiger partial charge >= 0.3 is 0 Å². The van der Waals surface area contributed by atoms with Crippen molar-refractivity contribution in [2.75, 3.05) is 12.5 Å². The summed E-state index contributed by atoms with van der Waals surface area (Å²) in [4.78, 5) is 0. The lowest BCUT2D eigenvalue weighted by Gasteiger charge is -2.08. The van der Waals surface area contributed by atoms with Crippen LogP contribution in [0.3, 0.4) is 0 Å². The maximum absolute atomic E-state index is 6.30. The van der Waals surface area contributed by atoms with Gasteiger partial charge in [-0.2, -0.15) is 5.10 Å². The van der Waals surface area contributed by atoms with Gasteiger partial charge in [0.15, 0.2) is 0 Å². The van der Waals surface area contributed by atoms with E-state index in [1.54, 1.807) is 13.3 Å². The molecule has 0 heterocycles. The Morgan fingerprint density at radius 1 is 1.00 bits per heavy atom. The number of anilines is 1. The van der Waals surface area contributed by atoms with Gasteiger partial charge in [-0.25, -0.2) is 0 Å². The van der Waals surface area contributed by atoms with E-state index in [1.807, 2.05) is 72.8 Å². The summed E-state index contributed by atoms with van der Waals surface area (Å²) in [7, 11) is 1.64. The Kier molecular flexibility index (Phi) is 6.12. The van der Waals surface area contributed by atoms with E-state index < -0.39 is 0 Å². The van der Waals surface area contributed by atoms with Crippen molar-refractivity contribution in [1.29, 1.82) is 0 Å². The van der Waals surface area contributed by atoms with E-state index in [9.17, 15) is 0 Å². The van der Waals surface area contributed by atoms with Gasteiger partial charge in [-0.3, -0.25) is 5.43 Å². The van der Waals surface area contributed by atoms with Gasteiger partial charge in [0.05, 0.1) is 24.0 Å². The van der Waals surface area contributed by atoms with Crippen LogP contribution in [0, 0.1) is 0 Å². The Balaban J connectivity index is 1.57. The first-order valence-corrected chi connectivity index (χ1v) is 8.52. The Morgan fingerprint density at radius 2 is 1.77 bits per heavy atom. The lowest BCUT2D eigenvalue weighted by molar-refractivity contribution is 0.306. The Morgan fingerprint density at radius 3 is 2.46 bits per heavy atom. The smallest absolute Gasteiger partial charge is 0.138 e. The van der Waals surface area contributed by atoms with Crippen molar-refractivity contribution in [2.45, 2.75) is 6.61 Å². The largest absolute Gasteiger partial charge is 0.497 e. The van der Waals surface area contributed by atoms with E-state index in [1.165, 1.54) is 0 Å². The van der Waals surface area contributed by atoms with Gasteiger partial charge in [0.2, 0.25) is 0 Å². The predicted molar refractivity (Wildman–Crippen MR) is 106 cm³/mol. The zero-order valence-electron chi connectivity index (χ0n) is 14.4. The van der Waals surface area contributed by atoms with Gasteiger partial charge in [-0.05, 0) is 53.6 Å². The highest BCUT2D eigenvalue weighted by Gasteiger charge is 2.03. The van der Waals surface area contributed by atoms with Gasteiger partial charge in [-0.1, -0.05) is 41.9 Å². The van der Waals surface area contributed by atoms with Crippen LogP contribution in [0.25, 0.3) is 0 Å². The SMILES string of the molecule is COc1ccc(N/N=C/c2ccc(OCc3ccccc3)c(Cl)c2)cc1. The lowest BCUT2D eigenvalue weighted by Crippen LogP contribution is -1.96. The van der Waals surface area contributed by atoms with Crippen molar-refractivity contribution in [3.8, 4) is 11.5 Å². The van der Waals surface area contributed by atoms with Crippen molar-refractivity contribution >= 4 is 23.5 Å². The summed E-state index contributed by atoms with van der Waals surface area (Å²) in [5.74, 6) is 1.45. The minimum atomic E-state index is 0.479. The molecule has 0 radical (unpaired) electrons. The summed E-state index contributed by atoms with van der Waals surface area (Å²) >= 11 is 6.30. The second-order valence-electron chi connectivity index (χ2n) is 5.56. The Labute approximate surface area is 158 Å². The summed E-state index contributed by atoms with van der Waals surface area (Å²) in [6.07, 6.45) is 1.71. The lowest BCUT2D eigenvalue weighted by atomic mass is 10.2. The van der Waals surface area contributed by atoms with Crippen molar-refractivity contribution in [2.24, 2.45) is 5.10 Å². The standard InChI is InChI=1S/C21H19ClN2O2/c1-25-19-10-8-18(9-11-19)24-23-14-17-7-12-21(20(22)13-17)26-15-16-5-3-2-4-6-16/h2-14,24H,15H2,1H3/b23-14+. The molecular weight excluding hydrogens is 348 g/mol. The second-order valence-corrected chi connectivity index (χ2v) is 5.97. The molecule has 1 N–H and O–H groups in total. The molecule has 0 saturated carbocycles. The fourth-order valence-electron chi connectivity index (χ4n) is 2.30. The van der Waals surface area contributed by atoms with E-state index in [0.29, 0.717) is 17.4 Å². The summed E-state index contributed by atoms with van der Waals surface area (Å²) in [5.41, 5.74) is 5.81. The molecule has 0 bridgehead atoms. The molecule has 5 heteroatoms. The molecule has 0 saturated heterocycles. The zero-order chi connectivity index (χ0) is 18.2. The van der Waals surface area contributed by atoms with E-state index in [2.05, 4.69) is 10.5 Å². The molecule has 3 aromatic rings. The van der Waals surface area contributed by atoms with Crippen molar-refractivity contribution < 1.29 is 9.47 Å².